The molecule has 2 aliphatic rings. The number of nitrogens with zero attached hydrogens (tertiary/aromatic N) is 1. The number of methoxy groups -OCH3 is 1. The summed E-state index contributed by atoms with van der Waals surface area (Å²) in [4.78, 5) is 14.9. The zero-order valence-corrected chi connectivity index (χ0v) is 16.0. The van der Waals surface area contributed by atoms with Crippen molar-refractivity contribution in [1.29, 1.82) is 0 Å². The largest absolute Gasteiger partial charge is 0.469 e. The Morgan fingerprint density at radius 1 is 1.17 bits per heavy atom. The smallest absolute Gasteiger partial charge is 0.310 e. The Morgan fingerprint density at radius 2 is 1.83 bits per heavy atom. The average Bonchev–Trinajstić information content (AvgIpc) is 2.75. The van der Waals surface area contributed by atoms with Gasteiger partial charge in [0.1, 0.15) is 0 Å². The van der Waals surface area contributed by atoms with E-state index >= 15 is 0 Å². The Kier molecular flexibility index (Phi) is 4.40. The number of esters is 1. The first-order valence-corrected chi connectivity index (χ1v) is 12.2. The minimum Gasteiger partial charge on any atom is -0.469 e. The van der Waals surface area contributed by atoms with Crippen LogP contribution in [0.25, 0.3) is 0 Å². The van der Waals surface area contributed by atoms with Gasteiger partial charge in [0.15, 0.2) is 0 Å². The number of carbonyl (C=O) groups excluding carboxylic acids is 1. The van der Waals surface area contributed by atoms with E-state index in [1.165, 1.54) is 24.3 Å². The van der Waals surface area contributed by atoms with E-state index in [2.05, 4.69) is 55.9 Å². The van der Waals surface area contributed by atoms with Crippen molar-refractivity contribution < 1.29 is 9.53 Å². The van der Waals surface area contributed by atoms with Crippen LogP contribution in [0.1, 0.15) is 30.7 Å². The number of fused-ring (bicyclic) bond motifs is 2. The van der Waals surface area contributed by atoms with Crippen molar-refractivity contribution in [3.63, 3.8) is 0 Å². The van der Waals surface area contributed by atoms with Crippen LogP contribution in [0.15, 0.2) is 24.3 Å². The summed E-state index contributed by atoms with van der Waals surface area (Å²) in [7, 11) is 2.42. The molecule has 2 unspecified atom stereocenters. The van der Waals surface area contributed by atoms with Gasteiger partial charge in [-0.3, -0.25) is 9.69 Å². The van der Waals surface area contributed by atoms with Gasteiger partial charge in [0.05, 0.1) is 21.1 Å². The molecule has 4 heteroatoms. The summed E-state index contributed by atoms with van der Waals surface area (Å²) in [6, 6.07) is 10.1. The van der Waals surface area contributed by atoms with Crippen molar-refractivity contribution >= 4 is 19.2 Å². The van der Waals surface area contributed by atoms with Gasteiger partial charge in [-0.2, -0.15) is 0 Å². The van der Waals surface area contributed by atoms with Crippen LogP contribution in [0, 0.1) is 5.92 Å². The molecule has 4 atom stereocenters. The summed E-state index contributed by atoms with van der Waals surface area (Å²) in [5, 5.41) is 1.48. The van der Waals surface area contributed by atoms with Crippen LogP contribution >= 0.6 is 0 Å². The van der Waals surface area contributed by atoms with Crippen molar-refractivity contribution in [3.05, 3.63) is 29.8 Å². The van der Waals surface area contributed by atoms with E-state index < -0.39 is 8.07 Å². The number of ether oxygens (including phenoxy) is 1. The molecular formula is C19H29NO2Si. The molecule has 0 spiro atoms. The molecule has 2 bridgehead atoms. The molecule has 2 fully saturated rings. The lowest BCUT2D eigenvalue weighted by Gasteiger charge is -2.41. The summed E-state index contributed by atoms with van der Waals surface area (Å²) >= 11 is 0. The second-order valence-electron chi connectivity index (χ2n) is 8.23. The zero-order valence-electron chi connectivity index (χ0n) is 15.0. The lowest BCUT2D eigenvalue weighted by molar-refractivity contribution is -0.150. The van der Waals surface area contributed by atoms with Gasteiger partial charge in [-0.25, -0.2) is 0 Å². The van der Waals surface area contributed by atoms with Crippen molar-refractivity contribution in [2.24, 2.45) is 5.92 Å². The maximum absolute atomic E-state index is 12.5. The molecule has 1 aromatic rings. The van der Waals surface area contributed by atoms with E-state index in [0.29, 0.717) is 18.0 Å². The summed E-state index contributed by atoms with van der Waals surface area (Å²) in [6.07, 6.45) is 3.39. The molecule has 3 nitrogen and oxygen atoms in total. The average molecular weight is 332 g/mol. The highest BCUT2D eigenvalue weighted by Crippen LogP contribution is 2.46. The van der Waals surface area contributed by atoms with Crippen molar-refractivity contribution in [2.75, 3.05) is 14.2 Å². The molecule has 23 heavy (non-hydrogen) atoms. The number of carbonyl (C=O) groups is 1. The van der Waals surface area contributed by atoms with E-state index in [-0.39, 0.29) is 11.9 Å². The highest BCUT2D eigenvalue weighted by Gasteiger charge is 2.49. The first-order valence-electron chi connectivity index (χ1n) is 8.73. The normalized spacial score (nSPS) is 31.2. The van der Waals surface area contributed by atoms with Gasteiger partial charge in [0.25, 0.3) is 0 Å². The minimum absolute atomic E-state index is 0.0264. The van der Waals surface area contributed by atoms with Gasteiger partial charge in [0.2, 0.25) is 0 Å². The van der Waals surface area contributed by atoms with E-state index in [1.54, 1.807) is 0 Å². The van der Waals surface area contributed by atoms with Gasteiger partial charge in [0, 0.05) is 18.0 Å². The van der Waals surface area contributed by atoms with Crippen LogP contribution in [-0.2, 0) is 9.53 Å². The Balaban J connectivity index is 1.92. The summed E-state index contributed by atoms with van der Waals surface area (Å²) in [5.74, 6) is 0.231. The van der Waals surface area contributed by atoms with Crippen LogP contribution in [0.5, 0.6) is 0 Å². The number of hydrogen-bond acceptors (Lipinski definition) is 3. The molecule has 0 aliphatic carbocycles. The molecule has 0 amide bonds. The third-order valence-corrected chi connectivity index (χ3v) is 8.01. The molecule has 3 rings (SSSR count). The van der Waals surface area contributed by atoms with Gasteiger partial charge < -0.3 is 4.74 Å². The Hall–Kier alpha value is -1.13. The second kappa shape index (κ2) is 6.06. The number of rotatable bonds is 3. The maximum atomic E-state index is 12.5. The van der Waals surface area contributed by atoms with Crippen LogP contribution in [-0.4, -0.2) is 45.2 Å². The van der Waals surface area contributed by atoms with Gasteiger partial charge in [-0.15, -0.1) is 0 Å². The Morgan fingerprint density at radius 3 is 2.39 bits per heavy atom. The van der Waals surface area contributed by atoms with Crippen LogP contribution in [0.2, 0.25) is 19.6 Å². The molecule has 0 aromatic heterocycles. The molecule has 0 radical (unpaired) electrons. The Labute approximate surface area is 141 Å². The third kappa shape index (κ3) is 2.99. The van der Waals surface area contributed by atoms with Gasteiger partial charge in [-0.05, 0) is 31.9 Å². The van der Waals surface area contributed by atoms with Crippen molar-refractivity contribution in [3.8, 4) is 0 Å². The lowest BCUT2D eigenvalue weighted by Crippen LogP contribution is -2.49. The molecule has 2 aliphatic heterocycles. The highest BCUT2D eigenvalue weighted by atomic mass is 28.3. The van der Waals surface area contributed by atoms with Crippen molar-refractivity contribution in [1.82, 2.24) is 4.90 Å². The quantitative estimate of drug-likeness (QED) is 0.630. The fraction of sp³-hybridized carbons (Fsp3) is 0.632. The first kappa shape index (κ1) is 16.7. The molecule has 1 aromatic carbocycles. The van der Waals surface area contributed by atoms with Crippen molar-refractivity contribution in [2.45, 2.75) is 56.9 Å². The predicted octanol–water partition coefficient (Wildman–Crippen LogP) is 2.97. The Bertz CT molecular complexity index is 578. The lowest BCUT2D eigenvalue weighted by atomic mass is 9.76. The topological polar surface area (TPSA) is 29.5 Å². The van der Waals surface area contributed by atoms with E-state index in [4.69, 9.17) is 4.74 Å². The molecule has 0 saturated carbocycles. The van der Waals surface area contributed by atoms with Crippen LogP contribution in [0.3, 0.4) is 0 Å². The number of hydrogen-bond donors (Lipinski definition) is 0. The summed E-state index contributed by atoms with van der Waals surface area (Å²) < 4.78 is 5.16. The minimum atomic E-state index is -1.28. The number of piperidine rings is 1. The van der Waals surface area contributed by atoms with E-state index in [1.807, 2.05) is 0 Å². The summed E-state index contributed by atoms with van der Waals surface area (Å²) in [5.41, 5.74) is 1.31. The first-order chi connectivity index (χ1) is 10.8. The SMILES string of the molecule is COC(=O)C1C(c2ccc([Si](C)(C)C)cc2)C[C@@H]2CC[C@H]1N2C. The number of benzene rings is 1. The van der Waals surface area contributed by atoms with Gasteiger partial charge in [-0.1, -0.05) is 49.1 Å². The van der Waals surface area contributed by atoms with Gasteiger partial charge >= 0.3 is 5.97 Å². The highest BCUT2D eigenvalue weighted by molar-refractivity contribution is 6.88. The third-order valence-electron chi connectivity index (χ3n) is 5.95. The summed E-state index contributed by atoms with van der Waals surface area (Å²) in [6.45, 7) is 7.11. The molecule has 0 N–H and O–H groups in total. The standard InChI is InChI=1S/C19H29NO2Si/c1-20-14-8-11-17(20)18(19(21)22-2)16(12-14)13-6-9-15(10-7-13)23(3,4)5/h6-7,9-10,14,16-18H,8,11-12H2,1-5H3/t14-,16?,17+,18?/m0/s1. The van der Waals surface area contributed by atoms with Crippen LogP contribution in [0.4, 0.5) is 0 Å². The second-order valence-corrected chi connectivity index (χ2v) is 13.3. The molecule has 2 heterocycles. The maximum Gasteiger partial charge on any atom is 0.310 e. The predicted molar refractivity (Wildman–Crippen MR) is 96.9 cm³/mol. The monoisotopic (exact) mass is 331 g/mol. The molecular weight excluding hydrogens is 302 g/mol. The zero-order chi connectivity index (χ0) is 16.8. The van der Waals surface area contributed by atoms with Crippen LogP contribution < -0.4 is 5.19 Å². The van der Waals surface area contributed by atoms with E-state index in [9.17, 15) is 4.79 Å². The molecule has 2 saturated heterocycles. The molecule has 126 valence electrons. The fourth-order valence-corrected chi connectivity index (χ4v) is 5.66. The fourth-order valence-electron chi connectivity index (χ4n) is 4.50. The van der Waals surface area contributed by atoms with E-state index in [0.717, 1.165) is 12.8 Å².